The number of aryl methyl sites for hydroxylation is 2. The average Bonchev–Trinajstić information content (AvgIpc) is 2.48. The zero-order chi connectivity index (χ0) is 8.10. The molecule has 62 valence electrons. The summed E-state index contributed by atoms with van der Waals surface area (Å²) in [4.78, 5) is 1.59. The van der Waals surface area contributed by atoms with E-state index in [4.69, 9.17) is 5.73 Å². The molecule has 0 bridgehead atoms. The van der Waals surface area contributed by atoms with Crippen molar-refractivity contribution in [3.8, 4) is 0 Å². The molecule has 0 radical (unpaired) electrons. The summed E-state index contributed by atoms with van der Waals surface area (Å²) in [6.45, 7) is 3.44. The van der Waals surface area contributed by atoms with Crippen LogP contribution in [0.15, 0.2) is 0 Å². The normalized spacial score (nSPS) is 10.4. The third-order valence-electron chi connectivity index (χ3n) is 1.37. The second-order valence-electron chi connectivity index (χ2n) is 2.30. The lowest BCUT2D eigenvalue weighted by atomic mass is 10.4. The van der Waals surface area contributed by atoms with Crippen LogP contribution in [0.2, 0.25) is 0 Å². The fraction of sp³-hybridized carbons (Fsp3) is 0.833. The summed E-state index contributed by atoms with van der Waals surface area (Å²) in [6.07, 6.45) is 1.74. The van der Waals surface area contributed by atoms with Crippen molar-refractivity contribution in [1.82, 2.24) is 20.2 Å². The molecule has 0 amide bonds. The Morgan fingerprint density at radius 2 is 2.36 bits per heavy atom. The van der Waals surface area contributed by atoms with Gasteiger partial charge in [-0.05, 0) is 18.2 Å². The Labute approximate surface area is 65.6 Å². The van der Waals surface area contributed by atoms with Crippen molar-refractivity contribution >= 4 is 0 Å². The zero-order valence-corrected chi connectivity index (χ0v) is 6.69. The molecule has 0 saturated carbocycles. The van der Waals surface area contributed by atoms with Crippen molar-refractivity contribution in [2.75, 3.05) is 6.54 Å². The first-order chi connectivity index (χ1) is 5.36. The van der Waals surface area contributed by atoms with Crippen molar-refractivity contribution < 1.29 is 0 Å². The molecule has 5 nitrogen and oxygen atoms in total. The van der Waals surface area contributed by atoms with Crippen molar-refractivity contribution in [2.24, 2.45) is 5.73 Å². The number of tetrazole rings is 1. The van der Waals surface area contributed by atoms with E-state index in [1.165, 1.54) is 0 Å². The lowest BCUT2D eigenvalue weighted by molar-refractivity contribution is 0.503. The monoisotopic (exact) mass is 155 g/mol. The molecule has 0 unspecified atom stereocenters. The third kappa shape index (κ3) is 2.27. The molecule has 0 spiro atoms. The first-order valence-electron chi connectivity index (χ1n) is 3.83. The van der Waals surface area contributed by atoms with Crippen LogP contribution in [-0.4, -0.2) is 26.8 Å². The van der Waals surface area contributed by atoms with Crippen molar-refractivity contribution in [3.05, 3.63) is 5.82 Å². The van der Waals surface area contributed by atoms with Gasteiger partial charge in [0.05, 0.1) is 6.54 Å². The Balaban J connectivity index is 2.44. The largest absolute Gasteiger partial charge is 0.330 e. The van der Waals surface area contributed by atoms with Gasteiger partial charge < -0.3 is 5.73 Å². The van der Waals surface area contributed by atoms with E-state index >= 15 is 0 Å². The average molecular weight is 155 g/mol. The Kier molecular flexibility index (Phi) is 2.97. The van der Waals surface area contributed by atoms with Gasteiger partial charge in [-0.15, -0.1) is 10.2 Å². The van der Waals surface area contributed by atoms with Gasteiger partial charge in [-0.3, -0.25) is 0 Å². The number of nitrogens with two attached hydrogens (primary N) is 1. The van der Waals surface area contributed by atoms with Crippen molar-refractivity contribution in [1.29, 1.82) is 0 Å². The van der Waals surface area contributed by atoms with E-state index in [1.807, 2.05) is 6.92 Å². The highest BCUT2D eigenvalue weighted by Gasteiger charge is 1.97. The minimum Gasteiger partial charge on any atom is -0.330 e. The highest BCUT2D eigenvalue weighted by atomic mass is 15.6. The van der Waals surface area contributed by atoms with Crippen LogP contribution in [0.25, 0.3) is 0 Å². The first kappa shape index (κ1) is 8.13. The summed E-state index contributed by atoms with van der Waals surface area (Å²) in [6, 6.07) is 0. The summed E-state index contributed by atoms with van der Waals surface area (Å²) in [7, 11) is 0. The van der Waals surface area contributed by atoms with Gasteiger partial charge in [0.2, 0.25) is 0 Å². The SMILES string of the molecule is CCc1nnn(CCCN)n1. The highest BCUT2D eigenvalue weighted by Crippen LogP contribution is 1.87. The van der Waals surface area contributed by atoms with Crippen LogP contribution >= 0.6 is 0 Å². The van der Waals surface area contributed by atoms with Gasteiger partial charge in [0.15, 0.2) is 5.82 Å². The van der Waals surface area contributed by atoms with Gasteiger partial charge in [0.25, 0.3) is 0 Å². The molecule has 1 heterocycles. The summed E-state index contributed by atoms with van der Waals surface area (Å²) in [5, 5.41) is 11.8. The van der Waals surface area contributed by atoms with Crippen LogP contribution in [0.1, 0.15) is 19.2 Å². The molecule has 0 saturated heterocycles. The second-order valence-corrected chi connectivity index (χ2v) is 2.30. The Morgan fingerprint density at radius 3 is 2.91 bits per heavy atom. The fourth-order valence-electron chi connectivity index (χ4n) is 0.745. The molecule has 0 aliphatic rings. The molecule has 11 heavy (non-hydrogen) atoms. The van der Waals surface area contributed by atoms with Crippen LogP contribution in [0.3, 0.4) is 0 Å². The number of aromatic nitrogens is 4. The Hall–Kier alpha value is -0.970. The molecule has 0 atom stereocenters. The maximum atomic E-state index is 5.33. The number of hydrogen-bond acceptors (Lipinski definition) is 4. The first-order valence-corrected chi connectivity index (χ1v) is 3.83. The Morgan fingerprint density at radius 1 is 1.55 bits per heavy atom. The van der Waals surface area contributed by atoms with Gasteiger partial charge in [0, 0.05) is 6.42 Å². The molecule has 5 heteroatoms. The van der Waals surface area contributed by atoms with E-state index in [1.54, 1.807) is 4.80 Å². The van der Waals surface area contributed by atoms with E-state index < -0.39 is 0 Å². The predicted octanol–water partition coefficient (Wildman–Crippen LogP) is -0.416. The van der Waals surface area contributed by atoms with Gasteiger partial charge in [-0.2, -0.15) is 4.80 Å². The van der Waals surface area contributed by atoms with Gasteiger partial charge in [-0.1, -0.05) is 6.92 Å². The maximum absolute atomic E-state index is 5.33. The minimum atomic E-state index is 0.670. The molecular formula is C6H13N5. The van der Waals surface area contributed by atoms with Crippen LogP contribution in [-0.2, 0) is 13.0 Å². The summed E-state index contributed by atoms with van der Waals surface area (Å²) in [5.74, 6) is 0.794. The molecule has 0 aromatic carbocycles. The third-order valence-corrected chi connectivity index (χ3v) is 1.37. The maximum Gasteiger partial charge on any atom is 0.174 e. The lowest BCUT2D eigenvalue weighted by Crippen LogP contribution is -2.08. The molecule has 0 fully saturated rings. The molecule has 2 N–H and O–H groups in total. The van der Waals surface area contributed by atoms with E-state index in [0.717, 1.165) is 25.2 Å². The smallest absolute Gasteiger partial charge is 0.174 e. The second kappa shape index (κ2) is 4.02. The van der Waals surface area contributed by atoms with Gasteiger partial charge in [-0.25, -0.2) is 0 Å². The van der Waals surface area contributed by atoms with E-state index in [9.17, 15) is 0 Å². The van der Waals surface area contributed by atoms with Gasteiger partial charge in [0.1, 0.15) is 0 Å². The molecule has 1 rings (SSSR count). The fourth-order valence-corrected chi connectivity index (χ4v) is 0.745. The van der Waals surface area contributed by atoms with E-state index in [-0.39, 0.29) is 0 Å². The lowest BCUT2D eigenvalue weighted by Gasteiger charge is -1.93. The van der Waals surface area contributed by atoms with Crippen molar-refractivity contribution in [2.45, 2.75) is 26.3 Å². The summed E-state index contributed by atoms with van der Waals surface area (Å²) in [5.41, 5.74) is 5.33. The summed E-state index contributed by atoms with van der Waals surface area (Å²) < 4.78 is 0. The number of nitrogens with zero attached hydrogens (tertiary/aromatic N) is 4. The van der Waals surface area contributed by atoms with E-state index in [2.05, 4.69) is 15.4 Å². The molecule has 0 aliphatic carbocycles. The molecular weight excluding hydrogens is 142 g/mol. The quantitative estimate of drug-likeness (QED) is 0.641. The number of hydrogen-bond donors (Lipinski definition) is 1. The molecule has 0 aliphatic heterocycles. The Bertz CT molecular complexity index is 206. The zero-order valence-electron chi connectivity index (χ0n) is 6.69. The summed E-state index contributed by atoms with van der Waals surface area (Å²) >= 11 is 0. The minimum absolute atomic E-state index is 0.670. The molecule has 1 aromatic heterocycles. The van der Waals surface area contributed by atoms with Crippen LogP contribution in [0, 0.1) is 0 Å². The van der Waals surface area contributed by atoms with Crippen LogP contribution in [0.5, 0.6) is 0 Å². The molecule has 1 aromatic rings. The van der Waals surface area contributed by atoms with Crippen molar-refractivity contribution in [3.63, 3.8) is 0 Å². The topological polar surface area (TPSA) is 69.6 Å². The van der Waals surface area contributed by atoms with E-state index in [0.29, 0.717) is 6.54 Å². The van der Waals surface area contributed by atoms with Crippen LogP contribution in [0.4, 0.5) is 0 Å². The standard InChI is InChI=1S/C6H13N5/c1-2-6-8-10-11(9-6)5-3-4-7/h2-5,7H2,1H3. The highest BCUT2D eigenvalue weighted by molar-refractivity contribution is 4.73. The van der Waals surface area contributed by atoms with Gasteiger partial charge >= 0.3 is 0 Å². The number of rotatable bonds is 4. The van der Waals surface area contributed by atoms with Crippen LogP contribution < -0.4 is 5.73 Å². The predicted molar refractivity (Wildman–Crippen MR) is 40.9 cm³/mol.